The van der Waals surface area contributed by atoms with Crippen LogP contribution in [-0.4, -0.2) is 37.1 Å². The lowest BCUT2D eigenvalue weighted by atomic mass is 9.67. The second kappa shape index (κ2) is 5.50. The van der Waals surface area contributed by atoms with E-state index in [0.29, 0.717) is 5.41 Å². The Bertz CT molecular complexity index is 255. The van der Waals surface area contributed by atoms with Gasteiger partial charge in [-0.25, -0.2) is 0 Å². The van der Waals surface area contributed by atoms with Crippen molar-refractivity contribution >= 4 is 0 Å². The molecule has 0 atom stereocenters. The molecule has 1 N–H and O–H groups in total. The van der Waals surface area contributed by atoms with E-state index in [4.69, 9.17) is 0 Å². The van der Waals surface area contributed by atoms with Gasteiger partial charge in [0, 0.05) is 19.1 Å². The standard InChI is InChI=1S/C16H30N2/c1-2-16(8-3-9-16)13-17-15-6-10-18(11-7-15)12-14-4-5-14/h14-15,17H,2-13H2,1H3. The van der Waals surface area contributed by atoms with E-state index >= 15 is 0 Å². The van der Waals surface area contributed by atoms with Crippen molar-refractivity contribution in [2.75, 3.05) is 26.2 Å². The zero-order valence-electron chi connectivity index (χ0n) is 12.1. The van der Waals surface area contributed by atoms with Crippen molar-refractivity contribution in [3.05, 3.63) is 0 Å². The van der Waals surface area contributed by atoms with E-state index in [-0.39, 0.29) is 0 Å². The quantitative estimate of drug-likeness (QED) is 0.779. The third-order valence-electron chi connectivity index (χ3n) is 5.73. The van der Waals surface area contributed by atoms with Gasteiger partial charge in [-0.2, -0.15) is 0 Å². The average Bonchev–Trinajstić information content (AvgIpc) is 3.14. The largest absolute Gasteiger partial charge is 0.313 e. The van der Waals surface area contributed by atoms with Crippen LogP contribution < -0.4 is 5.32 Å². The average molecular weight is 250 g/mol. The van der Waals surface area contributed by atoms with Gasteiger partial charge in [0.15, 0.2) is 0 Å². The Balaban J connectivity index is 1.34. The molecule has 1 aliphatic heterocycles. The van der Waals surface area contributed by atoms with Crippen molar-refractivity contribution in [3.63, 3.8) is 0 Å². The number of nitrogens with zero attached hydrogens (tertiary/aromatic N) is 1. The maximum absolute atomic E-state index is 3.88. The molecule has 3 rings (SSSR count). The second-order valence-corrected chi connectivity index (χ2v) is 7.11. The van der Waals surface area contributed by atoms with Crippen LogP contribution in [0.4, 0.5) is 0 Å². The van der Waals surface area contributed by atoms with Crippen LogP contribution >= 0.6 is 0 Å². The first-order valence-electron chi connectivity index (χ1n) is 8.25. The molecule has 0 amide bonds. The van der Waals surface area contributed by atoms with Crippen LogP contribution in [0.15, 0.2) is 0 Å². The number of nitrogens with one attached hydrogen (secondary N) is 1. The van der Waals surface area contributed by atoms with Crippen LogP contribution in [0.1, 0.15) is 58.3 Å². The minimum atomic E-state index is 0.686. The van der Waals surface area contributed by atoms with Crippen molar-refractivity contribution < 1.29 is 0 Å². The summed E-state index contributed by atoms with van der Waals surface area (Å²) >= 11 is 0. The summed E-state index contributed by atoms with van der Waals surface area (Å²) in [5.41, 5.74) is 0.686. The monoisotopic (exact) mass is 250 g/mol. The molecule has 0 radical (unpaired) electrons. The lowest BCUT2D eigenvalue weighted by molar-refractivity contribution is 0.108. The number of hydrogen-bond donors (Lipinski definition) is 1. The van der Waals surface area contributed by atoms with Crippen molar-refractivity contribution in [3.8, 4) is 0 Å². The summed E-state index contributed by atoms with van der Waals surface area (Å²) in [6.45, 7) is 7.74. The first-order chi connectivity index (χ1) is 8.80. The molecule has 3 aliphatic rings. The molecule has 104 valence electrons. The SMILES string of the molecule is CCC1(CNC2CCN(CC3CC3)CC2)CCC1. The summed E-state index contributed by atoms with van der Waals surface area (Å²) in [5.74, 6) is 1.06. The van der Waals surface area contributed by atoms with Gasteiger partial charge in [-0.1, -0.05) is 13.3 Å². The van der Waals surface area contributed by atoms with Gasteiger partial charge in [0.1, 0.15) is 0 Å². The van der Waals surface area contributed by atoms with E-state index in [1.165, 1.54) is 77.5 Å². The topological polar surface area (TPSA) is 15.3 Å². The Labute approximate surface area is 113 Å². The zero-order valence-corrected chi connectivity index (χ0v) is 12.1. The molecule has 2 saturated carbocycles. The van der Waals surface area contributed by atoms with Crippen molar-refractivity contribution in [2.45, 2.75) is 64.3 Å². The number of likely N-dealkylation sites (tertiary alicyclic amines) is 1. The molecule has 0 spiro atoms. The molecule has 1 heterocycles. The van der Waals surface area contributed by atoms with Crippen LogP contribution in [0, 0.1) is 11.3 Å². The Hall–Kier alpha value is -0.0800. The summed E-state index contributed by atoms with van der Waals surface area (Å²) in [6, 6.07) is 0.810. The smallest absolute Gasteiger partial charge is 0.00916 e. The van der Waals surface area contributed by atoms with Crippen molar-refractivity contribution in [1.82, 2.24) is 10.2 Å². The molecule has 1 saturated heterocycles. The van der Waals surface area contributed by atoms with Gasteiger partial charge in [0.05, 0.1) is 0 Å². The molecule has 0 bridgehead atoms. The van der Waals surface area contributed by atoms with E-state index in [1.54, 1.807) is 0 Å². The highest BCUT2D eigenvalue weighted by Crippen LogP contribution is 2.43. The molecule has 0 aromatic rings. The number of rotatable bonds is 6. The fourth-order valence-corrected chi connectivity index (χ4v) is 3.68. The molecule has 3 fully saturated rings. The lowest BCUT2D eigenvalue weighted by Gasteiger charge is -2.43. The maximum atomic E-state index is 3.88. The Morgan fingerprint density at radius 2 is 1.83 bits per heavy atom. The summed E-state index contributed by atoms with van der Waals surface area (Å²) in [5, 5.41) is 3.88. The maximum Gasteiger partial charge on any atom is 0.00916 e. The van der Waals surface area contributed by atoms with E-state index in [0.717, 1.165) is 12.0 Å². The molecule has 0 aromatic heterocycles. The third-order valence-corrected chi connectivity index (χ3v) is 5.73. The Morgan fingerprint density at radius 3 is 2.33 bits per heavy atom. The minimum absolute atomic E-state index is 0.686. The molecule has 2 heteroatoms. The molecule has 0 aromatic carbocycles. The number of hydrogen-bond acceptors (Lipinski definition) is 2. The molecular formula is C16H30N2. The lowest BCUT2D eigenvalue weighted by Crippen LogP contribution is -2.48. The van der Waals surface area contributed by atoms with Crippen LogP contribution in [-0.2, 0) is 0 Å². The molecule has 2 nitrogen and oxygen atoms in total. The van der Waals surface area contributed by atoms with Gasteiger partial charge in [-0.05, 0) is 69.4 Å². The summed E-state index contributed by atoms with van der Waals surface area (Å²) in [4.78, 5) is 2.70. The van der Waals surface area contributed by atoms with Crippen molar-refractivity contribution in [2.24, 2.45) is 11.3 Å². The van der Waals surface area contributed by atoms with Crippen LogP contribution in [0.2, 0.25) is 0 Å². The number of piperidine rings is 1. The van der Waals surface area contributed by atoms with E-state index in [1.807, 2.05) is 0 Å². The Kier molecular flexibility index (Phi) is 3.95. The first kappa shape index (κ1) is 12.9. The molecular weight excluding hydrogens is 220 g/mol. The van der Waals surface area contributed by atoms with Gasteiger partial charge in [0.25, 0.3) is 0 Å². The van der Waals surface area contributed by atoms with Gasteiger partial charge in [-0.3, -0.25) is 0 Å². The van der Waals surface area contributed by atoms with Crippen LogP contribution in [0.5, 0.6) is 0 Å². The summed E-state index contributed by atoms with van der Waals surface area (Å²) in [7, 11) is 0. The molecule has 0 unspecified atom stereocenters. The Morgan fingerprint density at radius 1 is 1.11 bits per heavy atom. The summed E-state index contributed by atoms with van der Waals surface area (Å²) < 4.78 is 0. The summed E-state index contributed by atoms with van der Waals surface area (Å²) in [6.07, 6.45) is 11.5. The zero-order chi connectivity index (χ0) is 12.4. The highest BCUT2D eigenvalue weighted by Gasteiger charge is 2.35. The van der Waals surface area contributed by atoms with E-state index in [2.05, 4.69) is 17.1 Å². The predicted octanol–water partition coefficient (Wildman–Crippen LogP) is 3.03. The predicted molar refractivity (Wildman–Crippen MR) is 76.8 cm³/mol. The van der Waals surface area contributed by atoms with Gasteiger partial charge >= 0.3 is 0 Å². The normalized spacial score (nSPS) is 29.2. The highest BCUT2D eigenvalue weighted by molar-refractivity contribution is 4.90. The van der Waals surface area contributed by atoms with Gasteiger partial charge in [-0.15, -0.1) is 0 Å². The van der Waals surface area contributed by atoms with E-state index < -0.39 is 0 Å². The second-order valence-electron chi connectivity index (χ2n) is 7.11. The van der Waals surface area contributed by atoms with Crippen molar-refractivity contribution in [1.29, 1.82) is 0 Å². The highest BCUT2D eigenvalue weighted by atomic mass is 15.1. The van der Waals surface area contributed by atoms with Crippen LogP contribution in [0.3, 0.4) is 0 Å². The van der Waals surface area contributed by atoms with Gasteiger partial charge in [0.2, 0.25) is 0 Å². The molecule has 18 heavy (non-hydrogen) atoms. The fraction of sp³-hybridized carbons (Fsp3) is 1.00. The van der Waals surface area contributed by atoms with Gasteiger partial charge < -0.3 is 10.2 Å². The molecule has 2 aliphatic carbocycles. The fourth-order valence-electron chi connectivity index (χ4n) is 3.68. The van der Waals surface area contributed by atoms with Crippen LogP contribution in [0.25, 0.3) is 0 Å². The van der Waals surface area contributed by atoms with E-state index in [9.17, 15) is 0 Å². The minimum Gasteiger partial charge on any atom is -0.313 e. The first-order valence-corrected chi connectivity index (χ1v) is 8.25. The third kappa shape index (κ3) is 3.08.